The number of hydrogen-bond acceptors (Lipinski definition) is 3. The molecule has 1 aliphatic rings. The summed E-state index contributed by atoms with van der Waals surface area (Å²) in [5.74, 6) is 1.82. The molecule has 1 N–H and O–H groups in total. The van der Waals surface area contributed by atoms with Gasteiger partial charge in [0.15, 0.2) is 0 Å². The van der Waals surface area contributed by atoms with E-state index >= 15 is 0 Å². The second kappa shape index (κ2) is 10.5. The van der Waals surface area contributed by atoms with Crippen LogP contribution in [0, 0.1) is 5.92 Å². The van der Waals surface area contributed by atoms with Crippen LogP contribution in [0.25, 0.3) is 0 Å². The van der Waals surface area contributed by atoms with Crippen molar-refractivity contribution in [1.82, 2.24) is 10.2 Å². The molecule has 0 spiro atoms. The zero-order valence-corrected chi connectivity index (χ0v) is 14.1. The van der Waals surface area contributed by atoms with Crippen molar-refractivity contribution in [3.05, 3.63) is 30.3 Å². The largest absolute Gasteiger partial charge is 0.493 e. The van der Waals surface area contributed by atoms with Gasteiger partial charge in [-0.15, -0.1) is 12.4 Å². The Morgan fingerprint density at radius 2 is 1.95 bits per heavy atom. The predicted molar refractivity (Wildman–Crippen MR) is 91.6 cm³/mol. The van der Waals surface area contributed by atoms with Crippen molar-refractivity contribution in [2.75, 3.05) is 33.3 Å². The third-order valence-corrected chi connectivity index (χ3v) is 4.10. The van der Waals surface area contributed by atoms with E-state index in [1.54, 1.807) is 0 Å². The summed E-state index contributed by atoms with van der Waals surface area (Å²) >= 11 is 0. The summed E-state index contributed by atoms with van der Waals surface area (Å²) in [7, 11) is 1.99. The van der Waals surface area contributed by atoms with Crippen LogP contribution in [-0.4, -0.2) is 44.1 Å². The fourth-order valence-corrected chi connectivity index (χ4v) is 2.75. The standard InChI is InChI=1S/C17H26N2O2.ClH/c1-18-11-7-15-8-12-19(13-9-15)17(20)10-14-21-16-5-3-2-4-6-16;/h2-6,15,18H,7-14H2,1H3;1H. The first-order valence-electron chi connectivity index (χ1n) is 7.90. The summed E-state index contributed by atoms with van der Waals surface area (Å²) in [6.45, 7) is 3.34. The molecule has 1 saturated heterocycles. The number of piperidine rings is 1. The van der Waals surface area contributed by atoms with Crippen molar-refractivity contribution in [2.45, 2.75) is 25.7 Å². The zero-order chi connectivity index (χ0) is 14.9. The van der Waals surface area contributed by atoms with Gasteiger partial charge in [-0.2, -0.15) is 0 Å². The van der Waals surface area contributed by atoms with E-state index in [1.807, 2.05) is 42.3 Å². The molecule has 0 radical (unpaired) electrons. The average Bonchev–Trinajstić information content (AvgIpc) is 2.54. The number of carbonyl (C=O) groups is 1. The molecule has 0 atom stereocenters. The normalized spacial score (nSPS) is 15.2. The van der Waals surface area contributed by atoms with Crippen molar-refractivity contribution in [1.29, 1.82) is 0 Å². The molecule has 1 fully saturated rings. The summed E-state index contributed by atoms with van der Waals surface area (Å²) < 4.78 is 5.59. The Kier molecular flexibility index (Phi) is 8.94. The quantitative estimate of drug-likeness (QED) is 0.837. The van der Waals surface area contributed by atoms with Gasteiger partial charge in [0.25, 0.3) is 0 Å². The van der Waals surface area contributed by atoms with Crippen LogP contribution in [0.1, 0.15) is 25.7 Å². The number of para-hydroxylation sites is 1. The number of carbonyl (C=O) groups excluding carboxylic acids is 1. The number of nitrogens with one attached hydrogen (secondary N) is 1. The first-order valence-corrected chi connectivity index (χ1v) is 7.90. The summed E-state index contributed by atoms with van der Waals surface area (Å²) in [5.41, 5.74) is 0. The molecular formula is C17H27ClN2O2. The molecule has 1 heterocycles. The van der Waals surface area contributed by atoms with Crippen LogP contribution in [-0.2, 0) is 4.79 Å². The first kappa shape index (κ1) is 18.8. The Morgan fingerprint density at radius 3 is 2.59 bits per heavy atom. The Hall–Kier alpha value is -1.26. The second-order valence-electron chi connectivity index (χ2n) is 5.63. The van der Waals surface area contributed by atoms with E-state index in [2.05, 4.69) is 5.32 Å². The lowest BCUT2D eigenvalue weighted by Crippen LogP contribution is -2.39. The van der Waals surface area contributed by atoms with Gasteiger partial charge in [0.05, 0.1) is 13.0 Å². The lowest BCUT2D eigenvalue weighted by Gasteiger charge is -2.32. The minimum atomic E-state index is 0. The van der Waals surface area contributed by atoms with Crippen molar-refractivity contribution in [3.8, 4) is 5.75 Å². The highest BCUT2D eigenvalue weighted by molar-refractivity contribution is 5.85. The SMILES string of the molecule is CNCCC1CCN(C(=O)CCOc2ccccc2)CC1.Cl. The molecule has 22 heavy (non-hydrogen) atoms. The van der Waals surface area contributed by atoms with Gasteiger partial charge < -0.3 is 15.0 Å². The van der Waals surface area contributed by atoms with Crippen LogP contribution in [0.15, 0.2) is 30.3 Å². The minimum absolute atomic E-state index is 0. The molecular weight excluding hydrogens is 300 g/mol. The smallest absolute Gasteiger partial charge is 0.225 e. The molecule has 0 aliphatic carbocycles. The van der Waals surface area contributed by atoms with E-state index in [0.717, 1.165) is 44.1 Å². The molecule has 0 saturated carbocycles. The zero-order valence-electron chi connectivity index (χ0n) is 13.3. The van der Waals surface area contributed by atoms with Crippen molar-refractivity contribution in [3.63, 3.8) is 0 Å². The van der Waals surface area contributed by atoms with Crippen molar-refractivity contribution < 1.29 is 9.53 Å². The lowest BCUT2D eigenvalue weighted by atomic mass is 9.93. The molecule has 1 aromatic carbocycles. The van der Waals surface area contributed by atoms with Crippen molar-refractivity contribution in [2.24, 2.45) is 5.92 Å². The van der Waals surface area contributed by atoms with E-state index in [0.29, 0.717) is 13.0 Å². The number of benzene rings is 1. The number of likely N-dealkylation sites (tertiary alicyclic amines) is 1. The second-order valence-corrected chi connectivity index (χ2v) is 5.63. The van der Waals surface area contributed by atoms with E-state index in [9.17, 15) is 4.79 Å². The highest BCUT2D eigenvalue weighted by atomic mass is 35.5. The van der Waals surface area contributed by atoms with Gasteiger partial charge in [-0.1, -0.05) is 18.2 Å². The average molecular weight is 327 g/mol. The van der Waals surface area contributed by atoms with Gasteiger partial charge in [-0.3, -0.25) is 4.79 Å². The molecule has 1 amide bonds. The molecule has 0 bridgehead atoms. The number of rotatable bonds is 7. The summed E-state index contributed by atoms with van der Waals surface area (Å²) in [4.78, 5) is 14.1. The maximum Gasteiger partial charge on any atom is 0.225 e. The van der Waals surface area contributed by atoms with Crippen LogP contribution in [0.4, 0.5) is 0 Å². The summed E-state index contributed by atoms with van der Waals surface area (Å²) in [6, 6.07) is 9.66. The fraction of sp³-hybridized carbons (Fsp3) is 0.588. The molecule has 1 aromatic rings. The Morgan fingerprint density at radius 1 is 1.27 bits per heavy atom. The van der Waals surface area contributed by atoms with E-state index in [1.165, 1.54) is 6.42 Å². The van der Waals surface area contributed by atoms with Crippen molar-refractivity contribution >= 4 is 18.3 Å². The van der Waals surface area contributed by atoms with Gasteiger partial charge in [0.2, 0.25) is 5.91 Å². The van der Waals surface area contributed by atoms with Gasteiger partial charge in [-0.05, 0) is 50.9 Å². The Bertz CT molecular complexity index is 420. The van der Waals surface area contributed by atoms with Crippen LogP contribution < -0.4 is 10.1 Å². The molecule has 0 aromatic heterocycles. The minimum Gasteiger partial charge on any atom is -0.493 e. The number of amides is 1. The van der Waals surface area contributed by atoms with Gasteiger partial charge in [0.1, 0.15) is 5.75 Å². The van der Waals surface area contributed by atoms with Crippen LogP contribution in [0.3, 0.4) is 0 Å². The maximum atomic E-state index is 12.1. The molecule has 4 nitrogen and oxygen atoms in total. The lowest BCUT2D eigenvalue weighted by molar-refractivity contribution is -0.133. The highest BCUT2D eigenvalue weighted by Crippen LogP contribution is 2.20. The Labute approximate surface area is 139 Å². The Balaban J connectivity index is 0.00000242. The third-order valence-electron chi connectivity index (χ3n) is 4.10. The molecule has 0 unspecified atom stereocenters. The monoisotopic (exact) mass is 326 g/mol. The van der Waals surface area contributed by atoms with Gasteiger partial charge in [0, 0.05) is 13.1 Å². The predicted octanol–water partition coefficient (Wildman–Crippen LogP) is 2.73. The number of halogens is 1. The fourth-order valence-electron chi connectivity index (χ4n) is 2.75. The molecule has 5 heteroatoms. The summed E-state index contributed by atoms with van der Waals surface area (Å²) in [5, 5.41) is 3.20. The summed E-state index contributed by atoms with van der Waals surface area (Å²) in [6.07, 6.45) is 3.95. The molecule has 124 valence electrons. The van der Waals surface area contributed by atoms with Crippen LogP contribution in [0.2, 0.25) is 0 Å². The highest BCUT2D eigenvalue weighted by Gasteiger charge is 2.22. The topological polar surface area (TPSA) is 41.6 Å². The number of nitrogens with zero attached hydrogens (tertiary/aromatic N) is 1. The maximum absolute atomic E-state index is 12.1. The first-order chi connectivity index (χ1) is 10.3. The van der Waals surface area contributed by atoms with E-state index < -0.39 is 0 Å². The number of ether oxygens (including phenoxy) is 1. The van der Waals surface area contributed by atoms with Gasteiger partial charge in [-0.25, -0.2) is 0 Å². The third kappa shape index (κ3) is 6.24. The molecule has 1 aliphatic heterocycles. The van der Waals surface area contributed by atoms with Crippen LogP contribution >= 0.6 is 12.4 Å². The number of hydrogen-bond donors (Lipinski definition) is 1. The van der Waals surface area contributed by atoms with Crippen LogP contribution in [0.5, 0.6) is 5.75 Å². The van der Waals surface area contributed by atoms with Gasteiger partial charge >= 0.3 is 0 Å². The van der Waals surface area contributed by atoms with E-state index in [-0.39, 0.29) is 18.3 Å². The molecule has 2 rings (SSSR count). The van der Waals surface area contributed by atoms with E-state index in [4.69, 9.17) is 4.74 Å².